The Bertz CT molecular complexity index is 419. The number of hydrogen-bond acceptors (Lipinski definition) is 4. The topological polar surface area (TPSA) is 63.8 Å². The second kappa shape index (κ2) is 4.05. The van der Waals surface area contributed by atoms with Gasteiger partial charge in [-0.25, -0.2) is 4.98 Å². The van der Waals surface area contributed by atoms with Gasteiger partial charge < -0.3 is 11.1 Å². The van der Waals surface area contributed by atoms with Crippen LogP contribution < -0.4 is 11.1 Å². The van der Waals surface area contributed by atoms with Crippen molar-refractivity contribution in [2.45, 2.75) is 19.5 Å². The number of anilines is 2. The Morgan fingerprint density at radius 2 is 2.12 bits per heavy atom. The average molecular weight is 246 g/mol. The lowest BCUT2D eigenvalue weighted by Crippen LogP contribution is -2.14. The standard InChI is InChI=1S/C10H13F3N4/c1-5-2-6(5)4-15-8-3-7(10(11,12)13)16-9(14)17-8/h3,5-6H,2,4H2,1H3,(H3,14,15,16,17). The highest BCUT2D eigenvalue weighted by molar-refractivity contribution is 5.41. The van der Waals surface area contributed by atoms with Crippen molar-refractivity contribution < 1.29 is 13.2 Å². The van der Waals surface area contributed by atoms with Crippen LogP contribution in [0.3, 0.4) is 0 Å². The number of hydrogen-bond donors (Lipinski definition) is 2. The summed E-state index contributed by atoms with van der Waals surface area (Å²) >= 11 is 0. The first-order chi connectivity index (χ1) is 7.86. The Balaban J connectivity index is 2.08. The summed E-state index contributed by atoms with van der Waals surface area (Å²) in [6.45, 7) is 2.72. The zero-order valence-electron chi connectivity index (χ0n) is 9.25. The van der Waals surface area contributed by atoms with E-state index < -0.39 is 11.9 Å². The van der Waals surface area contributed by atoms with Crippen molar-refractivity contribution in [3.8, 4) is 0 Å². The van der Waals surface area contributed by atoms with E-state index in [-0.39, 0.29) is 11.8 Å². The molecule has 0 spiro atoms. The minimum absolute atomic E-state index is 0.129. The van der Waals surface area contributed by atoms with E-state index in [4.69, 9.17) is 5.73 Å². The summed E-state index contributed by atoms with van der Waals surface area (Å²) in [5.74, 6) is 0.902. The van der Waals surface area contributed by atoms with Gasteiger partial charge in [0, 0.05) is 12.6 Å². The Morgan fingerprint density at radius 1 is 1.47 bits per heavy atom. The molecular weight excluding hydrogens is 233 g/mol. The fourth-order valence-electron chi connectivity index (χ4n) is 1.62. The predicted octanol–water partition coefficient (Wildman–Crippen LogP) is 2.15. The summed E-state index contributed by atoms with van der Waals surface area (Å²) in [6.07, 6.45) is -3.40. The van der Waals surface area contributed by atoms with Gasteiger partial charge >= 0.3 is 6.18 Å². The molecule has 2 rings (SSSR count). The lowest BCUT2D eigenvalue weighted by Gasteiger charge is -2.09. The number of nitrogens with zero attached hydrogens (tertiary/aromatic N) is 2. The highest BCUT2D eigenvalue weighted by atomic mass is 19.4. The normalized spacial score (nSPS) is 23.5. The van der Waals surface area contributed by atoms with Gasteiger partial charge in [0.15, 0.2) is 5.69 Å². The molecule has 0 amide bonds. The Hall–Kier alpha value is -1.53. The summed E-state index contributed by atoms with van der Waals surface area (Å²) in [5.41, 5.74) is 4.23. The van der Waals surface area contributed by atoms with Crippen molar-refractivity contribution in [1.82, 2.24) is 9.97 Å². The van der Waals surface area contributed by atoms with Gasteiger partial charge in [-0.3, -0.25) is 0 Å². The fourth-order valence-corrected chi connectivity index (χ4v) is 1.62. The number of nitrogen functional groups attached to an aromatic ring is 1. The molecule has 0 saturated heterocycles. The Labute approximate surface area is 96.4 Å². The van der Waals surface area contributed by atoms with E-state index >= 15 is 0 Å². The number of rotatable bonds is 3. The van der Waals surface area contributed by atoms with E-state index in [2.05, 4.69) is 22.2 Å². The van der Waals surface area contributed by atoms with Crippen LogP contribution in [-0.2, 0) is 6.18 Å². The Kier molecular flexibility index (Phi) is 2.84. The summed E-state index contributed by atoms with van der Waals surface area (Å²) in [7, 11) is 0. The molecule has 1 heterocycles. The van der Waals surface area contributed by atoms with E-state index in [0.29, 0.717) is 18.4 Å². The van der Waals surface area contributed by atoms with Crippen LogP contribution in [0.4, 0.5) is 24.9 Å². The maximum absolute atomic E-state index is 12.4. The molecule has 4 nitrogen and oxygen atoms in total. The summed E-state index contributed by atoms with van der Waals surface area (Å²) in [6, 6.07) is 0.878. The highest BCUT2D eigenvalue weighted by Crippen LogP contribution is 2.37. The third-order valence-electron chi connectivity index (χ3n) is 2.86. The van der Waals surface area contributed by atoms with E-state index in [1.807, 2.05) is 0 Å². The molecule has 1 aliphatic carbocycles. The van der Waals surface area contributed by atoms with Crippen molar-refractivity contribution in [2.24, 2.45) is 11.8 Å². The zero-order valence-corrected chi connectivity index (χ0v) is 9.25. The SMILES string of the molecule is CC1CC1CNc1cc(C(F)(F)F)nc(N)n1. The third kappa shape index (κ3) is 2.98. The van der Waals surface area contributed by atoms with Gasteiger partial charge in [0.2, 0.25) is 5.95 Å². The molecule has 17 heavy (non-hydrogen) atoms. The largest absolute Gasteiger partial charge is 0.433 e. The molecule has 1 aliphatic rings. The fraction of sp³-hybridized carbons (Fsp3) is 0.600. The van der Waals surface area contributed by atoms with Gasteiger partial charge in [0.25, 0.3) is 0 Å². The summed E-state index contributed by atoms with van der Waals surface area (Å²) < 4.78 is 37.3. The molecule has 0 radical (unpaired) electrons. The van der Waals surface area contributed by atoms with Crippen LogP contribution in [-0.4, -0.2) is 16.5 Å². The molecule has 1 fully saturated rings. The molecule has 0 aromatic carbocycles. The van der Waals surface area contributed by atoms with Crippen LogP contribution in [0.25, 0.3) is 0 Å². The third-order valence-corrected chi connectivity index (χ3v) is 2.86. The van der Waals surface area contributed by atoms with Gasteiger partial charge in [0.05, 0.1) is 0 Å². The predicted molar refractivity (Wildman–Crippen MR) is 57.2 cm³/mol. The molecule has 2 atom stereocenters. The molecule has 0 aliphatic heterocycles. The van der Waals surface area contributed by atoms with Crippen LogP contribution in [0.2, 0.25) is 0 Å². The van der Waals surface area contributed by atoms with Crippen molar-refractivity contribution >= 4 is 11.8 Å². The molecule has 2 unspecified atom stereocenters. The van der Waals surface area contributed by atoms with Crippen molar-refractivity contribution in [2.75, 3.05) is 17.6 Å². The van der Waals surface area contributed by atoms with Crippen LogP contribution in [0.1, 0.15) is 19.0 Å². The monoisotopic (exact) mass is 246 g/mol. The maximum atomic E-state index is 12.4. The van der Waals surface area contributed by atoms with Gasteiger partial charge in [-0.05, 0) is 18.3 Å². The molecule has 94 valence electrons. The van der Waals surface area contributed by atoms with Gasteiger partial charge in [-0.15, -0.1) is 0 Å². The lowest BCUT2D eigenvalue weighted by atomic mass is 10.3. The van der Waals surface area contributed by atoms with Crippen molar-refractivity contribution in [3.05, 3.63) is 11.8 Å². The van der Waals surface area contributed by atoms with Gasteiger partial charge in [-0.2, -0.15) is 18.2 Å². The number of nitrogens with two attached hydrogens (primary N) is 1. The van der Waals surface area contributed by atoms with Crippen LogP contribution in [0.5, 0.6) is 0 Å². The minimum atomic E-state index is -4.50. The molecule has 7 heteroatoms. The van der Waals surface area contributed by atoms with Crippen LogP contribution >= 0.6 is 0 Å². The van der Waals surface area contributed by atoms with Crippen molar-refractivity contribution in [3.63, 3.8) is 0 Å². The Morgan fingerprint density at radius 3 is 2.65 bits per heavy atom. The molecule has 0 bridgehead atoms. The quantitative estimate of drug-likeness (QED) is 0.857. The zero-order chi connectivity index (χ0) is 12.6. The smallest absolute Gasteiger partial charge is 0.370 e. The van der Waals surface area contributed by atoms with Gasteiger partial charge in [0.1, 0.15) is 5.82 Å². The van der Waals surface area contributed by atoms with E-state index in [0.717, 1.165) is 12.5 Å². The summed E-state index contributed by atoms with van der Waals surface area (Å²) in [4.78, 5) is 6.89. The molecule has 1 aromatic heterocycles. The molecular formula is C10H13F3N4. The van der Waals surface area contributed by atoms with Crippen LogP contribution in [0, 0.1) is 11.8 Å². The first-order valence-electron chi connectivity index (χ1n) is 5.32. The molecule has 1 aromatic rings. The first-order valence-corrected chi connectivity index (χ1v) is 5.32. The second-order valence-corrected chi connectivity index (χ2v) is 4.35. The summed E-state index contributed by atoms with van der Waals surface area (Å²) in [5, 5.41) is 2.86. The first kappa shape index (κ1) is 11.9. The van der Waals surface area contributed by atoms with E-state index in [9.17, 15) is 13.2 Å². The number of halogens is 3. The van der Waals surface area contributed by atoms with E-state index in [1.54, 1.807) is 0 Å². The van der Waals surface area contributed by atoms with Crippen LogP contribution in [0.15, 0.2) is 6.07 Å². The molecule has 3 N–H and O–H groups in total. The van der Waals surface area contributed by atoms with Gasteiger partial charge in [-0.1, -0.05) is 6.92 Å². The lowest BCUT2D eigenvalue weighted by molar-refractivity contribution is -0.141. The average Bonchev–Trinajstić information content (AvgIpc) is 2.90. The minimum Gasteiger partial charge on any atom is -0.370 e. The van der Waals surface area contributed by atoms with Crippen molar-refractivity contribution in [1.29, 1.82) is 0 Å². The molecule has 1 saturated carbocycles. The van der Waals surface area contributed by atoms with E-state index in [1.165, 1.54) is 0 Å². The number of alkyl halides is 3. The number of nitrogens with one attached hydrogen (secondary N) is 1. The maximum Gasteiger partial charge on any atom is 0.433 e. The number of aromatic nitrogens is 2. The second-order valence-electron chi connectivity index (χ2n) is 4.35. The highest BCUT2D eigenvalue weighted by Gasteiger charge is 2.34.